The summed E-state index contributed by atoms with van der Waals surface area (Å²) < 4.78 is 5.39. The van der Waals surface area contributed by atoms with E-state index in [1.54, 1.807) is 6.92 Å². The second-order valence-electron chi connectivity index (χ2n) is 6.57. The number of benzene rings is 1. The molecule has 1 aliphatic rings. The highest BCUT2D eigenvalue weighted by Gasteiger charge is 2.23. The van der Waals surface area contributed by atoms with E-state index in [1.807, 2.05) is 38.1 Å². The Morgan fingerprint density at radius 3 is 2.52 bits per heavy atom. The minimum atomic E-state index is -0.842. The normalized spacial score (nSPS) is 14.5. The van der Waals surface area contributed by atoms with Gasteiger partial charge in [0.1, 0.15) is 4.88 Å². The maximum absolute atomic E-state index is 12.4. The Morgan fingerprint density at radius 1 is 1.16 bits per heavy atom. The van der Waals surface area contributed by atoms with Gasteiger partial charge in [-0.25, -0.2) is 4.79 Å². The maximum Gasteiger partial charge on any atom is 0.349 e. The van der Waals surface area contributed by atoms with E-state index in [1.165, 1.54) is 34.6 Å². The topological polar surface area (TPSA) is 55.4 Å². The van der Waals surface area contributed by atoms with E-state index in [2.05, 4.69) is 5.32 Å². The van der Waals surface area contributed by atoms with Gasteiger partial charge in [-0.15, -0.1) is 11.3 Å². The predicted molar refractivity (Wildman–Crippen MR) is 100 cm³/mol. The molecule has 1 unspecified atom stereocenters. The van der Waals surface area contributed by atoms with Gasteiger partial charge in [0, 0.05) is 10.6 Å². The van der Waals surface area contributed by atoms with Gasteiger partial charge in [0.2, 0.25) is 0 Å². The van der Waals surface area contributed by atoms with Crippen LogP contribution in [-0.4, -0.2) is 18.0 Å². The zero-order valence-corrected chi connectivity index (χ0v) is 15.7. The van der Waals surface area contributed by atoms with E-state index in [4.69, 9.17) is 4.74 Å². The summed E-state index contributed by atoms with van der Waals surface area (Å²) in [6.45, 7) is 5.49. The molecule has 5 heteroatoms. The average Bonchev–Trinajstić information content (AvgIpc) is 3.02. The van der Waals surface area contributed by atoms with Crippen molar-refractivity contribution in [2.24, 2.45) is 0 Å². The predicted octanol–water partition coefficient (Wildman–Crippen LogP) is 4.43. The Labute approximate surface area is 152 Å². The Bertz CT molecular complexity index is 766. The maximum atomic E-state index is 12.4. The Morgan fingerprint density at radius 2 is 1.84 bits per heavy atom. The number of rotatable bonds is 4. The third-order valence-corrected chi connectivity index (χ3v) is 5.80. The Hall–Kier alpha value is -2.14. The molecule has 1 N–H and O–H groups in total. The summed E-state index contributed by atoms with van der Waals surface area (Å²) in [5, 5.41) is 2.87. The van der Waals surface area contributed by atoms with Crippen molar-refractivity contribution < 1.29 is 14.3 Å². The number of hydrogen-bond donors (Lipinski definition) is 1. The SMILES string of the molecule is Cc1cccc(C)c1NC(=O)C(C)OC(=O)c1cc2c(s1)CCCC2. The number of carbonyl (C=O) groups excluding carboxylic acids is 2. The van der Waals surface area contributed by atoms with Crippen molar-refractivity contribution in [1.29, 1.82) is 0 Å². The molecule has 1 aromatic carbocycles. The van der Waals surface area contributed by atoms with Crippen LogP contribution in [0.4, 0.5) is 5.69 Å². The summed E-state index contributed by atoms with van der Waals surface area (Å²) in [4.78, 5) is 26.6. The molecule has 1 aliphatic carbocycles. The molecule has 0 saturated carbocycles. The van der Waals surface area contributed by atoms with E-state index in [9.17, 15) is 9.59 Å². The molecule has 0 spiro atoms. The highest BCUT2D eigenvalue weighted by atomic mass is 32.1. The van der Waals surface area contributed by atoms with Crippen molar-refractivity contribution in [2.45, 2.75) is 52.6 Å². The number of fused-ring (bicyclic) bond motifs is 1. The van der Waals surface area contributed by atoms with Crippen LogP contribution < -0.4 is 5.32 Å². The number of thiophene rings is 1. The van der Waals surface area contributed by atoms with Crippen LogP contribution in [0.15, 0.2) is 24.3 Å². The molecular weight excluding hydrogens is 334 g/mol. The number of aryl methyl sites for hydroxylation is 4. The lowest BCUT2D eigenvalue weighted by molar-refractivity contribution is -0.123. The summed E-state index contributed by atoms with van der Waals surface area (Å²) in [7, 11) is 0. The molecule has 2 aromatic rings. The minimum Gasteiger partial charge on any atom is -0.448 e. The van der Waals surface area contributed by atoms with Crippen LogP contribution in [-0.2, 0) is 22.4 Å². The quantitative estimate of drug-likeness (QED) is 0.824. The first-order chi connectivity index (χ1) is 12.0. The van der Waals surface area contributed by atoms with Crippen LogP contribution >= 0.6 is 11.3 Å². The van der Waals surface area contributed by atoms with Gasteiger partial charge in [-0.1, -0.05) is 18.2 Å². The monoisotopic (exact) mass is 357 g/mol. The fraction of sp³-hybridized carbons (Fsp3) is 0.400. The molecule has 4 nitrogen and oxygen atoms in total. The summed E-state index contributed by atoms with van der Waals surface area (Å²) in [5.41, 5.74) is 4.01. The Kier molecular flexibility index (Phi) is 5.23. The minimum absolute atomic E-state index is 0.313. The third-order valence-electron chi connectivity index (χ3n) is 4.58. The van der Waals surface area contributed by atoms with Gasteiger partial charge < -0.3 is 10.1 Å². The molecule has 3 rings (SSSR count). The van der Waals surface area contributed by atoms with Crippen LogP contribution in [0, 0.1) is 13.8 Å². The number of amides is 1. The number of hydrogen-bond acceptors (Lipinski definition) is 4. The molecule has 0 radical (unpaired) electrons. The second-order valence-corrected chi connectivity index (χ2v) is 7.71. The fourth-order valence-corrected chi connectivity index (χ4v) is 4.24. The molecule has 1 aromatic heterocycles. The van der Waals surface area contributed by atoms with Crippen molar-refractivity contribution in [3.63, 3.8) is 0 Å². The zero-order valence-electron chi connectivity index (χ0n) is 14.8. The van der Waals surface area contributed by atoms with E-state index in [-0.39, 0.29) is 5.91 Å². The smallest absolute Gasteiger partial charge is 0.349 e. The molecule has 1 heterocycles. The van der Waals surface area contributed by atoms with Gasteiger partial charge in [0.15, 0.2) is 6.10 Å². The molecule has 0 aliphatic heterocycles. The summed E-state index contributed by atoms with van der Waals surface area (Å²) in [6, 6.07) is 7.75. The zero-order chi connectivity index (χ0) is 18.0. The summed E-state index contributed by atoms with van der Waals surface area (Å²) in [5.74, 6) is -0.726. The number of esters is 1. The average molecular weight is 357 g/mol. The van der Waals surface area contributed by atoms with Crippen molar-refractivity contribution in [1.82, 2.24) is 0 Å². The summed E-state index contributed by atoms with van der Waals surface area (Å²) >= 11 is 1.50. The van der Waals surface area contributed by atoms with Crippen molar-refractivity contribution in [3.8, 4) is 0 Å². The van der Waals surface area contributed by atoms with Crippen LogP contribution in [0.3, 0.4) is 0 Å². The molecule has 1 atom stereocenters. The van der Waals surface area contributed by atoms with E-state index >= 15 is 0 Å². The molecular formula is C20H23NO3S. The lowest BCUT2D eigenvalue weighted by Gasteiger charge is -2.15. The van der Waals surface area contributed by atoms with Crippen molar-refractivity contribution in [3.05, 3.63) is 50.7 Å². The van der Waals surface area contributed by atoms with Gasteiger partial charge in [-0.2, -0.15) is 0 Å². The third kappa shape index (κ3) is 3.93. The number of carbonyl (C=O) groups is 2. The van der Waals surface area contributed by atoms with Gasteiger partial charge in [-0.3, -0.25) is 4.79 Å². The first kappa shape index (κ1) is 17.7. The first-order valence-corrected chi connectivity index (χ1v) is 9.47. The largest absolute Gasteiger partial charge is 0.448 e. The first-order valence-electron chi connectivity index (χ1n) is 8.65. The van der Waals surface area contributed by atoms with Crippen LogP contribution in [0.5, 0.6) is 0 Å². The molecule has 0 fully saturated rings. The Balaban J connectivity index is 1.65. The molecule has 0 saturated heterocycles. The van der Waals surface area contributed by atoms with Crippen LogP contribution in [0.25, 0.3) is 0 Å². The lowest BCUT2D eigenvalue weighted by atomic mass is 9.99. The highest BCUT2D eigenvalue weighted by molar-refractivity contribution is 7.14. The van der Waals surface area contributed by atoms with Gasteiger partial charge >= 0.3 is 5.97 Å². The van der Waals surface area contributed by atoms with Gasteiger partial charge in [0.25, 0.3) is 5.91 Å². The number of nitrogens with one attached hydrogen (secondary N) is 1. The van der Waals surface area contributed by atoms with Crippen molar-refractivity contribution in [2.75, 3.05) is 5.32 Å². The van der Waals surface area contributed by atoms with Crippen molar-refractivity contribution >= 4 is 28.9 Å². The van der Waals surface area contributed by atoms with Crippen LogP contribution in [0.2, 0.25) is 0 Å². The lowest BCUT2D eigenvalue weighted by Crippen LogP contribution is -2.30. The molecule has 1 amide bonds. The molecule has 132 valence electrons. The fourth-order valence-electron chi connectivity index (χ4n) is 3.10. The van der Waals surface area contributed by atoms with Gasteiger partial charge in [0.05, 0.1) is 0 Å². The number of anilines is 1. The van der Waals surface area contributed by atoms with Crippen LogP contribution in [0.1, 0.15) is 51.0 Å². The second kappa shape index (κ2) is 7.40. The van der Waals surface area contributed by atoms with E-state index in [0.717, 1.165) is 29.7 Å². The van der Waals surface area contributed by atoms with E-state index in [0.29, 0.717) is 4.88 Å². The highest BCUT2D eigenvalue weighted by Crippen LogP contribution is 2.30. The van der Waals surface area contributed by atoms with Gasteiger partial charge in [-0.05, 0) is 69.2 Å². The molecule has 0 bridgehead atoms. The molecule has 25 heavy (non-hydrogen) atoms. The summed E-state index contributed by atoms with van der Waals surface area (Å²) in [6.07, 6.45) is 3.58. The van der Waals surface area contributed by atoms with E-state index < -0.39 is 12.1 Å². The number of para-hydroxylation sites is 1. The standard InChI is InChI=1S/C20H23NO3S/c1-12-7-6-8-13(2)18(12)21-19(22)14(3)24-20(23)17-11-15-9-4-5-10-16(15)25-17/h6-8,11,14H,4-5,9-10H2,1-3H3,(H,21,22). The number of ether oxygens (including phenoxy) is 1.